The van der Waals surface area contributed by atoms with Crippen LogP contribution in [0.15, 0.2) is 60.7 Å². The van der Waals surface area contributed by atoms with E-state index in [1.54, 1.807) is 0 Å². The third-order valence-corrected chi connectivity index (χ3v) is 8.30. The summed E-state index contributed by atoms with van der Waals surface area (Å²) >= 11 is 0. The van der Waals surface area contributed by atoms with E-state index in [-0.39, 0.29) is 14.5 Å². The molecule has 2 rings (SSSR count). The van der Waals surface area contributed by atoms with Gasteiger partial charge in [-0.3, -0.25) is 4.52 Å². The van der Waals surface area contributed by atoms with Crippen LogP contribution in [0, 0.1) is 0 Å². The molecule has 0 fully saturated rings. The van der Waals surface area contributed by atoms with Gasteiger partial charge >= 0.3 is 7.82 Å². The quantitative estimate of drug-likeness (QED) is 0.239. The zero-order chi connectivity index (χ0) is 21.5. The van der Waals surface area contributed by atoms with Gasteiger partial charge in [-0.1, -0.05) is 112 Å². The topological polar surface area (TPSA) is 66.8 Å². The normalized spacial score (nSPS) is 11.8. The number of benzene rings is 2. The highest BCUT2D eigenvalue weighted by atomic mass is 31.2. The maximum absolute atomic E-state index is 10.6. The second kappa shape index (κ2) is 14.9. The summed E-state index contributed by atoms with van der Waals surface area (Å²) in [5.41, 5.74) is 0. The molecule has 0 aliphatic heterocycles. The number of hydrogen-bond acceptors (Lipinski definition) is 2. The Balaban J connectivity index is 1.52. The van der Waals surface area contributed by atoms with Crippen molar-refractivity contribution in [1.82, 2.24) is 0 Å². The fourth-order valence-electron chi connectivity index (χ4n) is 3.59. The minimum absolute atomic E-state index is 0.152. The molecular formula is C24H36O4P2. The van der Waals surface area contributed by atoms with Crippen molar-refractivity contribution in [1.29, 1.82) is 0 Å². The molecule has 2 aromatic carbocycles. The van der Waals surface area contributed by atoms with Gasteiger partial charge in [-0.05, 0) is 37.5 Å². The van der Waals surface area contributed by atoms with Crippen molar-refractivity contribution in [2.75, 3.05) is 12.8 Å². The van der Waals surface area contributed by atoms with Crippen LogP contribution < -0.4 is 10.6 Å². The number of phosphoric acid groups is 1. The molecule has 0 aliphatic carbocycles. The second-order valence-electron chi connectivity index (χ2n) is 7.68. The molecule has 0 saturated heterocycles. The van der Waals surface area contributed by atoms with E-state index in [4.69, 9.17) is 9.79 Å². The monoisotopic (exact) mass is 450 g/mol. The lowest BCUT2D eigenvalue weighted by Crippen LogP contribution is -2.13. The van der Waals surface area contributed by atoms with E-state index < -0.39 is 7.82 Å². The van der Waals surface area contributed by atoms with Crippen molar-refractivity contribution in [2.45, 2.75) is 64.2 Å². The van der Waals surface area contributed by atoms with Gasteiger partial charge in [0.15, 0.2) is 0 Å². The average molecular weight is 450 g/mol. The van der Waals surface area contributed by atoms with Crippen LogP contribution in [0.4, 0.5) is 0 Å². The summed E-state index contributed by atoms with van der Waals surface area (Å²) in [5.74, 6) is 0. The van der Waals surface area contributed by atoms with Gasteiger partial charge in [-0.25, -0.2) is 4.57 Å². The minimum atomic E-state index is -4.29. The first-order valence-corrected chi connectivity index (χ1v) is 14.2. The molecule has 6 heteroatoms. The summed E-state index contributed by atoms with van der Waals surface area (Å²) in [6, 6.07) is 21.9. The molecule has 0 radical (unpaired) electrons. The maximum Gasteiger partial charge on any atom is 0.469 e. The van der Waals surface area contributed by atoms with E-state index in [9.17, 15) is 4.57 Å². The van der Waals surface area contributed by atoms with Crippen LogP contribution in [0.5, 0.6) is 0 Å². The molecule has 30 heavy (non-hydrogen) atoms. The highest BCUT2D eigenvalue weighted by Crippen LogP contribution is 2.36. The van der Waals surface area contributed by atoms with Crippen LogP contribution in [0.3, 0.4) is 0 Å². The Kier molecular flexibility index (Phi) is 12.5. The smallest absolute Gasteiger partial charge is 0.303 e. The molecule has 0 heterocycles. The predicted octanol–water partition coefficient (Wildman–Crippen LogP) is 6.13. The molecule has 4 nitrogen and oxygen atoms in total. The van der Waals surface area contributed by atoms with Crippen molar-refractivity contribution in [3.05, 3.63) is 60.7 Å². The van der Waals surface area contributed by atoms with Crippen molar-refractivity contribution in [2.24, 2.45) is 0 Å². The van der Waals surface area contributed by atoms with Crippen LogP contribution in [-0.4, -0.2) is 22.6 Å². The van der Waals surface area contributed by atoms with Crippen molar-refractivity contribution in [3.8, 4) is 0 Å². The molecule has 0 unspecified atom stereocenters. The molecule has 0 atom stereocenters. The first kappa shape index (κ1) is 25.2. The van der Waals surface area contributed by atoms with E-state index >= 15 is 0 Å². The average Bonchev–Trinajstić information content (AvgIpc) is 2.74. The molecule has 0 aromatic heterocycles. The van der Waals surface area contributed by atoms with Crippen molar-refractivity contribution >= 4 is 26.4 Å². The summed E-state index contributed by atoms with van der Waals surface area (Å²) < 4.78 is 15.0. The number of hydrogen-bond donors (Lipinski definition) is 2. The van der Waals surface area contributed by atoms with Crippen LogP contribution in [0.2, 0.25) is 0 Å². The highest BCUT2D eigenvalue weighted by molar-refractivity contribution is 7.73. The maximum atomic E-state index is 10.6. The first-order valence-electron chi connectivity index (χ1n) is 11.1. The zero-order valence-corrected chi connectivity index (χ0v) is 19.7. The van der Waals surface area contributed by atoms with E-state index in [1.807, 2.05) is 0 Å². The Morgan fingerprint density at radius 2 is 1.03 bits per heavy atom. The number of unbranched alkanes of at least 4 members (excludes halogenated alkanes) is 9. The molecular weight excluding hydrogens is 414 g/mol. The Labute approximate surface area is 183 Å². The first-order chi connectivity index (χ1) is 14.6. The largest absolute Gasteiger partial charge is 0.469 e. The third kappa shape index (κ3) is 11.4. The van der Waals surface area contributed by atoms with E-state index in [0.29, 0.717) is 0 Å². The van der Waals surface area contributed by atoms with Gasteiger partial charge in [-0.2, -0.15) is 0 Å². The lowest BCUT2D eigenvalue weighted by atomic mass is 10.1. The van der Waals surface area contributed by atoms with Crippen LogP contribution in [0.1, 0.15) is 64.2 Å². The van der Waals surface area contributed by atoms with Gasteiger partial charge in [0.2, 0.25) is 0 Å². The second-order valence-corrected chi connectivity index (χ2v) is 11.3. The fraction of sp³-hybridized carbons (Fsp3) is 0.500. The molecule has 166 valence electrons. The summed E-state index contributed by atoms with van der Waals surface area (Å²) in [7, 11) is -4.54. The predicted molar refractivity (Wildman–Crippen MR) is 128 cm³/mol. The van der Waals surface area contributed by atoms with E-state index in [1.165, 1.54) is 61.7 Å². The highest BCUT2D eigenvalue weighted by Gasteiger charge is 2.13. The van der Waals surface area contributed by atoms with Gasteiger partial charge in [0, 0.05) is 0 Å². The van der Waals surface area contributed by atoms with Gasteiger partial charge in [0.1, 0.15) is 0 Å². The van der Waals surface area contributed by atoms with Gasteiger partial charge in [0.05, 0.1) is 6.61 Å². The SMILES string of the molecule is O=P(O)(O)OCCCCCCCCCCCCP(c1ccccc1)c1ccccc1. The summed E-state index contributed by atoms with van der Waals surface area (Å²) in [4.78, 5) is 17.2. The Morgan fingerprint density at radius 3 is 1.47 bits per heavy atom. The van der Waals surface area contributed by atoms with Gasteiger partial charge < -0.3 is 9.79 Å². The number of phosphoric ester groups is 1. The Morgan fingerprint density at radius 1 is 0.633 bits per heavy atom. The standard InChI is InChI=1S/C24H36O4P2/c25-30(26,27)28-21-15-7-5-3-1-2-4-6-8-16-22-29(23-17-11-9-12-18-23)24-19-13-10-14-20-24/h9-14,17-20H,1-8,15-16,21-22H2,(H2,25,26,27). The summed E-state index contributed by atoms with van der Waals surface area (Å²) in [6.45, 7) is 0.152. The molecule has 2 aromatic rings. The zero-order valence-electron chi connectivity index (χ0n) is 17.9. The van der Waals surface area contributed by atoms with Gasteiger partial charge in [-0.15, -0.1) is 0 Å². The van der Waals surface area contributed by atoms with Gasteiger partial charge in [0.25, 0.3) is 0 Å². The van der Waals surface area contributed by atoms with Crippen LogP contribution >= 0.6 is 15.7 Å². The van der Waals surface area contributed by atoms with Crippen molar-refractivity contribution < 1.29 is 18.9 Å². The lowest BCUT2D eigenvalue weighted by Gasteiger charge is -2.18. The molecule has 0 bridgehead atoms. The van der Waals surface area contributed by atoms with Crippen LogP contribution in [-0.2, 0) is 9.09 Å². The minimum Gasteiger partial charge on any atom is -0.303 e. The Bertz CT molecular complexity index is 679. The number of rotatable bonds is 16. The Hall–Kier alpha value is -1.02. The molecule has 0 saturated carbocycles. The third-order valence-electron chi connectivity index (χ3n) is 5.17. The summed E-state index contributed by atoms with van der Waals surface area (Å²) in [5, 5.41) is 2.95. The van der Waals surface area contributed by atoms with Crippen molar-refractivity contribution in [3.63, 3.8) is 0 Å². The molecule has 0 aliphatic rings. The molecule has 0 spiro atoms. The lowest BCUT2D eigenvalue weighted by molar-refractivity contribution is 0.193. The van der Waals surface area contributed by atoms with E-state index in [0.717, 1.165) is 19.3 Å². The molecule has 0 amide bonds. The molecule has 2 N–H and O–H groups in total. The van der Waals surface area contributed by atoms with Crippen LogP contribution in [0.25, 0.3) is 0 Å². The van der Waals surface area contributed by atoms with E-state index in [2.05, 4.69) is 65.2 Å². The summed E-state index contributed by atoms with van der Waals surface area (Å²) in [6.07, 6.45) is 13.0. The fourth-order valence-corrected chi connectivity index (χ4v) is 6.38.